The van der Waals surface area contributed by atoms with Crippen molar-refractivity contribution in [2.75, 3.05) is 20.2 Å². The van der Waals surface area contributed by atoms with Gasteiger partial charge in [-0.25, -0.2) is 25.3 Å². The number of nitrogens with zero attached hydrogens (tertiary/aromatic N) is 1. The molecule has 0 aromatic heterocycles. The van der Waals surface area contributed by atoms with E-state index in [1.807, 2.05) is 0 Å². The summed E-state index contributed by atoms with van der Waals surface area (Å²) < 4.78 is 124. The molecule has 2 rings (SSSR count). The van der Waals surface area contributed by atoms with E-state index in [2.05, 4.69) is 17.9 Å². The second kappa shape index (κ2) is 19.4. The smallest absolute Gasteiger partial charge is 0.726 e. The number of carbonyl (C=O) groups is 2. The van der Waals surface area contributed by atoms with Gasteiger partial charge in [0.2, 0.25) is 43.0 Å². The van der Waals surface area contributed by atoms with Crippen LogP contribution < -0.4 is 94.0 Å². The van der Waals surface area contributed by atoms with Gasteiger partial charge in [0.05, 0.1) is 6.54 Å². The average Bonchev–Trinajstić information content (AvgIpc) is 2.78. The number of hydrogen-bond donors (Lipinski definition) is 1. The van der Waals surface area contributed by atoms with Crippen LogP contribution in [0, 0.1) is 0 Å². The van der Waals surface area contributed by atoms with E-state index in [9.17, 15) is 48.5 Å². The molecule has 18 nitrogen and oxygen atoms in total. The van der Waals surface area contributed by atoms with Crippen molar-refractivity contribution in [3.8, 4) is 0 Å². The van der Waals surface area contributed by atoms with Gasteiger partial charge in [0.1, 0.15) is 18.3 Å². The molecule has 222 valence electrons. The Morgan fingerprint density at radius 3 is 1.79 bits per heavy atom. The van der Waals surface area contributed by atoms with E-state index in [1.54, 1.807) is 30.3 Å². The van der Waals surface area contributed by atoms with E-state index < -0.39 is 86.8 Å². The van der Waals surface area contributed by atoms with Gasteiger partial charge in [-0.05, 0) is 5.56 Å². The third-order valence-electron chi connectivity index (χ3n) is 5.01. The Morgan fingerprint density at radius 1 is 0.857 bits per heavy atom. The molecule has 1 aliphatic rings. The van der Waals surface area contributed by atoms with Crippen molar-refractivity contribution < 1.29 is 159 Å². The first-order valence-electron chi connectivity index (χ1n) is 10.5. The number of methoxy groups -OCH3 is 1. The molecule has 1 N–H and O–H groups in total. The van der Waals surface area contributed by atoms with Crippen molar-refractivity contribution in [2.45, 2.75) is 44.2 Å². The van der Waals surface area contributed by atoms with Crippen molar-refractivity contribution >= 4 is 43.0 Å². The van der Waals surface area contributed by atoms with E-state index in [0.29, 0.717) is 5.56 Å². The topological polar surface area (TPSA) is 267 Å². The molecule has 0 bridgehead atoms. The zero-order chi connectivity index (χ0) is 29.6. The Morgan fingerprint density at radius 2 is 1.33 bits per heavy atom. The molecule has 0 spiro atoms. The zero-order valence-electron chi connectivity index (χ0n) is 23.1. The molecule has 24 heteroatoms. The van der Waals surface area contributed by atoms with E-state index in [-0.39, 0.29) is 95.2 Å². The van der Waals surface area contributed by atoms with Crippen LogP contribution >= 0.6 is 0 Å². The van der Waals surface area contributed by atoms with Crippen molar-refractivity contribution in [3.63, 3.8) is 0 Å². The number of nitrogens with one attached hydrogen (secondary N) is 1. The predicted molar refractivity (Wildman–Crippen MR) is 120 cm³/mol. The van der Waals surface area contributed by atoms with Crippen LogP contribution in [0.5, 0.6) is 0 Å². The monoisotopic (exact) mass is 688 g/mol. The number of ether oxygens (including phenoxy) is 2. The maximum atomic E-state index is 12.6. The summed E-state index contributed by atoms with van der Waals surface area (Å²) in [4.78, 5) is 25.7. The molecule has 0 unspecified atom stereocenters. The number of carbonyl (C=O) groups excluding carboxylic acids is 2. The van der Waals surface area contributed by atoms with Gasteiger partial charge in [0.15, 0.2) is 12.4 Å². The standard InChI is InChI=1S/C18H26N2O16S3.3Na/c1-11(21)20(9-12-6-4-3-5-7-12)10-14(22)19-8-13-15(34-37(23,24)25)16(35-38(26,27)28)17(18(32-2)33-13)36-39(29,30)31;;;/h3-7,13,15-18H,8-10H2,1-2H3,(H,19,22)(H,23,24,25)(H,26,27,28)(H,29,30,31);;;/q;3*+1/p-3/t13-,15-,16+,17+,18+;;;/m1.../s1. The summed E-state index contributed by atoms with van der Waals surface area (Å²) in [7, 11) is -16.4. The summed E-state index contributed by atoms with van der Waals surface area (Å²) in [5.74, 6) is -1.34. The van der Waals surface area contributed by atoms with Crippen LogP contribution in [0.2, 0.25) is 0 Å². The van der Waals surface area contributed by atoms with Gasteiger partial charge >= 0.3 is 88.7 Å². The fourth-order valence-electron chi connectivity index (χ4n) is 3.50. The minimum atomic E-state index is -5.79. The van der Waals surface area contributed by atoms with Crippen LogP contribution in [0.3, 0.4) is 0 Å². The van der Waals surface area contributed by atoms with E-state index in [4.69, 9.17) is 9.47 Å². The first kappa shape index (κ1) is 44.8. The maximum absolute atomic E-state index is 12.6. The normalized spacial score (nSPS) is 22.5. The van der Waals surface area contributed by atoms with Crippen LogP contribution in [-0.4, -0.2) is 107 Å². The van der Waals surface area contributed by atoms with Crippen molar-refractivity contribution in [2.24, 2.45) is 0 Å². The van der Waals surface area contributed by atoms with Crippen LogP contribution in [0.15, 0.2) is 30.3 Å². The second-order valence-corrected chi connectivity index (χ2v) is 10.9. The summed E-state index contributed by atoms with van der Waals surface area (Å²) in [5, 5.41) is 2.24. The Bertz CT molecular complexity index is 1330. The zero-order valence-corrected chi connectivity index (χ0v) is 31.5. The molecule has 0 radical (unpaired) electrons. The minimum Gasteiger partial charge on any atom is -0.726 e. The minimum absolute atomic E-state index is 0. The van der Waals surface area contributed by atoms with Gasteiger partial charge in [-0.1, -0.05) is 30.3 Å². The van der Waals surface area contributed by atoms with Crippen molar-refractivity contribution in [1.29, 1.82) is 0 Å². The van der Waals surface area contributed by atoms with E-state index in [0.717, 1.165) is 12.0 Å². The fraction of sp³-hybridized carbons (Fsp3) is 0.556. The predicted octanol–water partition coefficient (Wildman–Crippen LogP) is -11.9. The molecule has 0 aliphatic carbocycles. The van der Waals surface area contributed by atoms with Crippen LogP contribution in [0.4, 0.5) is 0 Å². The Hall–Kier alpha value is 0.690. The molecule has 42 heavy (non-hydrogen) atoms. The second-order valence-electron chi connectivity index (χ2n) is 7.85. The van der Waals surface area contributed by atoms with Gasteiger partial charge in [-0.2, -0.15) is 0 Å². The van der Waals surface area contributed by atoms with E-state index in [1.165, 1.54) is 6.92 Å². The summed E-state index contributed by atoms with van der Waals surface area (Å²) in [6, 6.07) is 8.55. The summed E-state index contributed by atoms with van der Waals surface area (Å²) in [6.07, 6.45) is -11.4. The molecule has 1 heterocycles. The van der Waals surface area contributed by atoms with Crippen LogP contribution in [0.25, 0.3) is 0 Å². The van der Waals surface area contributed by atoms with Gasteiger partial charge in [0, 0.05) is 27.1 Å². The first-order chi connectivity index (χ1) is 17.9. The number of amides is 2. The third kappa shape index (κ3) is 16.3. The quantitative estimate of drug-likeness (QED) is 0.114. The molecule has 5 atom stereocenters. The maximum Gasteiger partial charge on any atom is 1.00 e. The molecule has 1 fully saturated rings. The first-order valence-corrected chi connectivity index (χ1v) is 14.5. The molecule has 0 saturated carbocycles. The number of benzene rings is 1. The summed E-state index contributed by atoms with van der Waals surface area (Å²) in [6.45, 7) is -0.0752. The van der Waals surface area contributed by atoms with Gasteiger partial charge in [0.25, 0.3) is 0 Å². The molecule has 1 aromatic rings. The van der Waals surface area contributed by atoms with Crippen LogP contribution in [-0.2, 0) is 69.4 Å². The molecular weight excluding hydrogens is 665 g/mol. The molecular formula is C18H23N2Na3O16S3. The van der Waals surface area contributed by atoms with Crippen LogP contribution in [0.1, 0.15) is 12.5 Å². The van der Waals surface area contributed by atoms with Gasteiger partial charge in [-0.3, -0.25) is 22.1 Å². The van der Waals surface area contributed by atoms with Gasteiger partial charge < -0.3 is 33.3 Å². The van der Waals surface area contributed by atoms with Gasteiger partial charge in [-0.15, -0.1) is 0 Å². The summed E-state index contributed by atoms with van der Waals surface area (Å²) in [5.41, 5.74) is 0.686. The number of hydrogen-bond acceptors (Lipinski definition) is 16. The third-order valence-corrected chi connectivity index (χ3v) is 6.38. The fourth-order valence-corrected chi connectivity index (χ4v) is 4.96. The molecule has 2 amide bonds. The molecule has 1 aliphatic heterocycles. The molecule has 1 saturated heterocycles. The molecule has 1 aromatic carbocycles. The SMILES string of the molecule is CO[C@H]1O[C@H](CNC(=O)CN(Cc2ccccc2)C(C)=O)[C@@H](OS(=O)(=O)[O-])[C@H](OS(=O)(=O)[O-])[C@@H]1OS(=O)(=O)[O-].[Na+].[Na+].[Na+]. The Balaban J connectivity index is 0. The van der Waals surface area contributed by atoms with E-state index >= 15 is 0 Å². The number of rotatable bonds is 13. The Labute approximate surface area is 309 Å². The largest absolute Gasteiger partial charge is 1.00 e. The summed E-state index contributed by atoms with van der Waals surface area (Å²) >= 11 is 0. The van der Waals surface area contributed by atoms with Crippen molar-refractivity contribution in [1.82, 2.24) is 10.2 Å². The Kier molecular flexibility index (Phi) is 20.7. The average molecular weight is 689 g/mol. The van der Waals surface area contributed by atoms with Crippen molar-refractivity contribution in [3.05, 3.63) is 35.9 Å².